The van der Waals surface area contributed by atoms with E-state index in [1.807, 2.05) is 60.7 Å². The highest BCUT2D eigenvalue weighted by molar-refractivity contribution is 6.02. The van der Waals surface area contributed by atoms with Gasteiger partial charge in [0.2, 0.25) is 0 Å². The Bertz CT molecular complexity index is 867. The Balaban J connectivity index is 1.90. The van der Waals surface area contributed by atoms with Crippen molar-refractivity contribution < 1.29 is 19.0 Å². The van der Waals surface area contributed by atoms with Crippen LogP contribution in [-0.2, 0) is 4.74 Å². The van der Waals surface area contributed by atoms with E-state index in [2.05, 4.69) is 0 Å². The molecule has 0 unspecified atom stereocenters. The zero-order valence-electron chi connectivity index (χ0n) is 16.3. The fourth-order valence-electron chi connectivity index (χ4n) is 3.10. The van der Waals surface area contributed by atoms with Gasteiger partial charge in [0.1, 0.15) is 23.7 Å². The number of methoxy groups -OCH3 is 2. The van der Waals surface area contributed by atoms with Crippen molar-refractivity contribution >= 4 is 5.78 Å². The lowest BCUT2D eigenvalue weighted by molar-refractivity contribution is 0.0203. The van der Waals surface area contributed by atoms with Crippen LogP contribution in [-0.4, -0.2) is 26.1 Å². The lowest BCUT2D eigenvalue weighted by Gasteiger charge is -2.23. The first kappa shape index (κ1) is 19.6. The number of ether oxygens (including phenoxy) is 3. The molecule has 144 valence electrons. The quantitative estimate of drug-likeness (QED) is 0.514. The number of Topliss-reactive ketones (excluding diaryl/α,β-unsaturated/α-hetero) is 1. The highest BCUT2D eigenvalue weighted by Gasteiger charge is 2.25. The molecule has 0 aliphatic carbocycles. The zero-order chi connectivity index (χ0) is 19.9. The molecule has 3 aromatic rings. The maximum atomic E-state index is 13.1. The Kier molecular flexibility index (Phi) is 6.45. The van der Waals surface area contributed by atoms with Crippen LogP contribution in [0.15, 0.2) is 78.9 Å². The van der Waals surface area contributed by atoms with Crippen molar-refractivity contribution in [1.29, 1.82) is 0 Å². The van der Waals surface area contributed by atoms with Crippen LogP contribution in [0.25, 0.3) is 0 Å². The molecule has 0 N–H and O–H groups in total. The largest absolute Gasteiger partial charge is 0.497 e. The molecule has 0 aromatic heterocycles. The van der Waals surface area contributed by atoms with Crippen molar-refractivity contribution in [1.82, 2.24) is 0 Å². The predicted octanol–water partition coefficient (Wildman–Crippen LogP) is 5.08. The van der Waals surface area contributed by atoms with E-state index in [1.54, 1.807) is 39.3 Å². The molecule has 0 radical (unpaired) electrons. The Hall–Kier alpha value is -3.11. The van der Waals surface area contributed by atoms with Gasteiger partial charge < -0.3 is 14.2 Å². The molecule has 0 saturated carbocycles. The Morgan fingerprint density at radius 3 is 1.86 bits per heavy atom. The van der Waals surface area contributed by atoms with Crippen molar-refractivity contribution in [3.8, 4) is 11.5 Å². The van der Waals surface area contributed by atoms with Crippen LogP contribution < -0.4 is 9.47 Å². The standard InChI is InChI=1S/C24H24O4/c1-17(23(25)21-16-20(26-2)14-15-22(21)27-3)28-24(18-10-6-4-7-11-18)19-12-8-5-9-13-19/h4-17,24H,1-3H3/t17-/m1/s1. The highest BCUT2D eigenvalue weighted by atomic mass is 16.5. The second-order valence-corrected chi connectivity index (χ2v) is 6.41. The predicted molar refractivity (Wildman–Crippen MR) is 109 cm³/mol. The van der Waals surface area contributed by atoms with Gasteiger partial charge in [-0.1, -0.05) is 60.7 Å². The average molecular weight is 376 g/mol. The van der Waals surface area contributed by atoms with Crippen molar-refractivity contribution in [3.05, 3.63) is 95.6 Å². The molecule has 3 aromatic carbocycles. The fourth-order valence-corrected chi connectivity index (χ4v) is 3.10. The van der Waals surface area contributed by atoms with E-state index in [1.165, 1.54) is 0 Å². The Morgan fingerprint density at radius 2 is 1.36 bits per heavy atom. The van der Waals surface area contributed by atoms with E-state index in [4.69, 9.17) is 14.2 Å². The van der Waals surface area contributed by atoms with E-state index in [-0.39, 0.29) is 11.9 Å². The second kappa shape index (κ2) is 9.20. The molecule has 3 rings (SSSR count). The summed E-state index contributed by atoms with van der Waals surface area (Å²) >= 11 is 0. The number of carbonyl (C=O) groups is 1. The van der Waals surface area contributed by atoms with Crippen LogP contribution in [0.3, 0.4) is 0 Å². The van der Waals surface area contributed by atoms with Crippen molar-refractivity contribution in [2.24, 2.45) is 0 Å². The third-order valence-corrected chi connectivity index (χ3v) is 4.59. The first-order valence-corrected chi connectivity index (χ1v) is 9.15. The normalized spacial score (nSPS) is 11.9. The lowest BCUT2D eigenvalue weighted by atomic mass is 10.00. The molecule has 0 saturated heterocycles. The van der Waals surface area contributed by atoms with Crippen molar-refractivity contribution in [3.63, 3.8) is 0 Å². The van der Waals surface area contributed by atoms with Gasteiger partial charge in [-0.3, -0.25) is 4.79 Å². The lowest BCUT2D eigenvalue weighted by Crippen LogP contribution is -2.24. The molecule has 28 heavy (non-hydrogen) atoms. The van der Waals surface area contributed by atoms with E-state index in [0.717, 1.165) is 11.1 Å². The smallest absolute Gasteiger partial charge is 0.195 e. The molecule has 0 heterocycles. The van der Waals surface area contributed by atoms with Gasteiger partial charge in [0.05, 0.1) is 19.8 Å². The number of rotatable bonds is 8. The topological polar surface area (TPSA) is 44.8 Å². The second-order valence-electron chi connectivity index (χ2n) is 6.41. The maximum absolute atomic E-state index is 13.1. The van der Waals surface area contributed by atoms with Crippen LogP contribution >= 0.6 is 0 Å². The van der Waals surface area contributed by atoms with Crippen molar-refractivity contribution in [2.45, 2.75) is 19.1 Å². The monoisotopic (exact) mass is 376 g/mol. The zero-order valence-corrected chi connectivity index (χ0v) is 16.3. The third kappa shape index (κ3) is 4.41. The van der Waals surface area contributed by atoms with E-state index >= 15 is 0 Å². The summed E-state index contributed by atoms with van der Waals surface area (Å²) in [7, 11) is 3.11. The number of carbonyl (C=O) groups excluding carboxylic acids is 1. The molecule has 0 amide bonds. The summed E-state index contributed by atoms with van der Waals surface area (Å²) in [4.78, 5) is 13.1. The summed E-state index contributed by atoms with van der Waals surface area (Å²) in [6.07, 6.45) is -1.02. The van der Waals surface area contributed by atoms with Crippen molar-refractivity contribution in [2.75, 3.05) is 14.2 Å². The van der Waals surface area contributed by atoms with E-state index < -0.39 is 6.10 Å². The van der Waals surface area contributed by atoms with Gasteiger partial charge in [-0.05, 0) is 36.2 Å². The summed E-state index contributed by atoms with van der Waals surface area (Å²) in [6.45, 7) is 1.76. The summed E-state index contributed by atoms with van der Waals surface area (Å²) in [5.41, 5.74) is 2.42. The number of hydrogen-bond acceptors (Lipinski definition) is 4. The summed E-state index contributed by atoms with van der Waals surface area (Å²) in [5.74, 6) is 0.934. The summed E-state index contributed by atoms with van der Waals surface area (Å²) in [6, 6.07) is 25.0. The number of hydrogen-bond donors (Lipinski definition) is 0. The van der Waals surface area contributed by atoms with Gasteiger partial charge in [-0.15, -0.1) is 0 Å². The third-order valence-electron chi connectivity index (χ3n) is 4.59. The molecule has 0 aliphatic heterocycles. The van der Waals surface area contributed by atoms with Gasteiger partial charge >= 0.3 is 0 Å². The van der Waals surface area contributed by atoms with E-state index in [0.29, 0.717) is 17.1 Å². The number of benzene rings is 3. The number of ketones is 1. The summed E-state index contributed by atoms with van der Waals surface area (Å²) in [5, 5.41) is 0. The van der Waals surface area contributed by atoms with Crippen LogP contribution in [0.4, 0.5) is 0 Å². The SMILES string of the molecule is COc1ccc(OC)c(C(=O)[C@@H](C)OC(c2ccccc2)c2ccccc2)c1. The summed E-state index contributed by atoms with van der Waals surface area (Å²) < 4.78 is 16.9. The molecule has 0 bridgehead atoms. The Morgan fingerprint density at radius 1 is 0.786 bits per heavy atom. The molecule has 0 fully saturated rings. The van der Waals surface area contributed by atoms with Gasteiger partial charge in [0.25, 0.3) is 0 Å². The van der Waals surface area contributed by atoms with E-state index in [9.17, 15) is 4.79 Å². The Labute approximate surface area is 165 Å². The molecule has 0 aliphatic rings. The maximum Gasteiger partial charge on any atom is 0.195 e. The first-order chi connectivity index (χ1) is 13.6. The van der Waals surface area contributed by atoms with Crippen LogP contribution in [0, 0.1) is 0 Å². The minimum Gasteiger partial charge on any atom is -0.497 e. The highest BCUT2D eigenvalue weighted by Crippen LogP contribution is 2.30. The van der Waals surface area contributed by atoms with Gasteiger partial charge in [-0.2, -0.15) is 0 Å². The fraction of sp³-hybridized carbons (Fsp3) is 0.208. The molecule has 4 heteroatoms. The molecular formula is C24H24O4. The van der Waals surface area contributed by atoms with Crippen LogP contribution in [0.5, 0.6) is 11.5 Å². The molecular weight excluding hydrogens is 352 g/mol. The molecule has 4 nitrogen and oxygen atoms in total. The average Bonchev–Trinajstić information content (AvgIpc) is 2.77. The van der Waals surface area contributed by atoms with Gasteiger partial charge in [0.15, 0.2) is 5.78 Å². The van der Waals surface area contributed by atoms with Crippen LogP contribution in [0.1, 0.15) is 34.5 Å². The van der Waals surface area contributed by atoms with Gasteiger partial charge in [-0.25, -0.2) is 0 Å². The van der Waals surface area contributed by atoms with Crippen LogP contribution in [0.2, 0.25) is 0 Å². The molecule has 1 atom stereocenters. The molecule has 0 spiro atoms. The van der Waals surface area contributed by atoms with Gasteiger partial charge in [0, 0.05) is 0 Å². The minimum absolute atomic E-state index is 0.160. The first-order valence-electron chi connectivity index (χ1n) is 9.15. The minimum atomic E-state index is -0.675.